The van der Waals surface area contributed by atoms with E-state index < -0.39 is 21.8 Å². The first-order valence-electron chi connectivity index (χ1n) is 8.60. The average molecular weight is 387 g/mol. The topological polar surface area (TPSA) is 105 Å². The van der Waals surface area contributed by atoms with Crippen molar-refractivity contribution in [3.63, 3.8) is 0 Å². The van der Waals surface area contributed by atoms with Crippen LogP contribution in [-0.4, -0.2) is 42.8 Å². The number of aryl methyl sites for hydroxylation is 2. The van der Waals surface area contributed by atoms with Crippen molar-refractivity contribution in [3.05, 3.63) is 58.9 Å². The zero-order chi connectivity index (χ0) is 19.6. The zero-order valence-electron chi connectivity index (χ0n) is 15.2. The molecule has 2 N–H and O–H groups in total. The minimum atomic E-state index is -3.09. The molecule has 1 saturated heterocycles. The Labute approximate surface area is 158 Å². The molecule has 0 saturated carbocycles. The molecule has 7 nitrogen and oxygen atoms in total. The van der Waals surface area contributed by atoms with Crippen LogP contribution in [0.4, 0.5) is 5.69 Å². The summed E-state index contributed by atoms with van der Waals surface area (Å²) in [7, 11) is -3.09. The van der Waals surface area contributed by atoms with Gasteiger partial charge in [-0.1, -0.05) is 18.2 Å². The van der Waals surface area contributed by atoms with Crippen LogP contribution in [0.25, 0.3) is 0 Å². The maximum absolute atomic E-state index is 12.6. The van der Waals surface area contributed by atoms with Gasteiger partial charge in [0.05, 0.1) is 11.5 Å². The SMILES string of the molecule is Cc1cccc(C)c1NC(=O)c1ccnc(C(=O)NC2CCS(=O)(=O)C2)c1. The number of nitrogens with one attached hydrogen (secondary N) is 2. The van der Waals surface area contributed by atoms with E-state index in [9.17, 15) is 18.0 Å². The Morgan fingerprint density at radius 2 is 1.81 bits per heavy atom. The molecule has 142 valence electrons. The second-order valence-electron chi connectivity index (χ2n) is 6.72. The van der Waals surface area contributed by atoms with E-state index in [0.29, 0.717) is 12.0 Å². The van der Waals surface area contributed by atoms with E-state index in [2.05, 4.69) is 15.6 Å². The van der Waals surface area contributed by atoms with Gasteiger partial charge >= 0.3 is 0 Å². The van der Waals surface area contributed by atoms with Crippen LogP contribution in [0.15, 0.2) is 36.5 Å². The molecule has 2 heterocycles. The number of amides is 2. The van der Waals surface area contributed by atoms with Gasteiger partial charge in [-0.25, -0.2) is 8.42 Å². The highest BCUT2D eigenvalue weighted by Crippen LogP contribution is 2.20. The zero-order valence-corrected chi connectivity index (χ0v) is 16.0. The molecule has 8 heteroatoms. The van der Waals surface area contributed by atoms with Gasteiger partial charge in [0.25, 0.3) is 11.8 Å². The number of benzene rings is 1. The lowest BCUT2D eigenvalue weighted by Crippen LogP contribution is -2.36. The summed E-state index contributed by atoms with van der Waals surface area (Å²) in [5.74, 6) is -0.819. The van der Waals surface area contributed by atoms with E-state index in [-0.39, 0.29) is 23.1 Å². The molecule has 0 aliphatic carbocycles. The van der Waals surface area contributed by atoms with Crippen molar-refractivity contribution in [1.29, 1.82) is 0 Å². The van der Waals surface area contributed by atoms with Gasteiger partial charge in [0.15, 0.2) is 9.84 Å². The molecule has 2 amide bonds. The molecule has 1 aliphatic heterocycles. The molecule has 27 heavy (non-hydrogen) atoms. The van der Waals surface area contributed by atoms with Crippen LogP contribution in [0.1, 0.15) is 38.4 Å². The van der Waals surface area contributed by atoms with Crippen LogP contribution in [0.3, 0.4) is 0 Å². The Hall–Kier alpha value is -2.74. The van der Waals surface area contributed by atoms with Crippen molar-refractivity contribution in [2.45, 2.75) is 26.3 Å². The largest absolute Gasteiger partial charge is 0.347 e. The van der Waals surface area contributed by atoms with Crippen molar-refractivity contribution in [2.24, 2.45) is 0 Å². The highest BCUT2D eigenvalue weighted by molar-refractivity contribution is 7.91. The number of para-hydroxylation sites is 1. The van der Waals surface area contributed by atoms with E-state index in [1.54, 1.807) is 0 Å². The fourth-order valence-electron chi connectivity index (χ4n) is 3.06. The van der Waals surface area contributed by atoms with Gasteiger partial charge in [-0.05, 0) is 43.5 Å². The third kappa shape index (κ3) is 4.51. The average Bonchev–Trinajstić information content (AvgIpc) is 2.96. The highest BCUT2D eigenvalue weighted by Gasteiger charge is 2.29. The fourth-order valence-corrected chi connectivity index (χ4v) is 4.73. The van der Waals surface area contributed by atoms with Crippen LogP contribution in [0.5, 0.6) is 0 Å². The quantitative estimate of drug-likeness (QED) is 0.833. The van der Waals surface area contributed by atoms with Gasteiger partial charge < -0.3 is 10.6 Å². The Morgan fingerprint density at radius 3 is 2.44 bits per heavy atom. The summed E-state index contributed by atoms with van der Waals surface area (Å²) < 4.78 is 23.0. The Balaban J connectivity index is 1.73. The lowest BCUT2D eigenvalue weighted by molar-refractivity contribution is 0.0936. The second-order valence-corrected chi connectivity index (χ2v) is 8.95. The Morgan fingerprint density at radius 1 is 1.11 bits per heavy atom. The molecule has 1 aromatic carbocycles. The first-order valence-corrected chi connectivity index (χ1v) is 10.4. The number of hydrogen-bond donors (Lipinski definition) is 2. The van der Waals surface area contributed by atoms with Gasteiger partial charge in [0, 0.05) is 23.5 Å². The molecule has 2 aromatic rings. The molecule has 1 atom stereocenters. The number of nitrogens with zero attached hydrogens (tertiary/aromatic N) is 1. The summed E-state index contributed by atoms with van der Waals surface area (Å²) in [5.41, 5.74) is 3.00. The summed E-state index contributed by atoms with van der Waals surface area (Å²) in [4.78, 5) is 28.9. The van der Waals surface area contributed by atoms with Crippen LogP contribution in [0, 0.1) is 13.8 Å². The van der Waals surface area contributed by atoms with Gasteiger partial charge in [-0.3, -0.25) is 14.6 Å². The number of hydrogen-bond acceptors (Lipinski definition) is 5. The third-order valence-electron chi connectivity index (χ3n) is 4.54. The monoisotopic (exact) mass is 387 g/mol. The van der Waals surface area contributed by atoms with E-state index in [1.165, 1.54) is 18.3 Å². The van der Waals surface area contributed by atoms with Crippen LogP contribution in [0.2, 0.25) is 0 Å². The number of anilines is 1. The predicted octanol–water partition coefficient (Wildman–Crippen LogP) is 1.87. The van der Waals surface area contributed by atoms with Crippen LogP contribution in [-0.2, 0) is 9.84 Å². The first kappa shape index (κ1) is 19.0. The van der Waals surface area contributed by atoms with Gasteiger partial charge in [-0.2, -0.15) is 0 Å². The minimum Gasteiger partial charge on any atom is -0.347 e. The number of pyridine rings is 1. The maximum atomic E-state index is 12.6. The lowest BCUT2D eigenvalue weighted by atomic mass is 10.1. The summed E-state index contributed by atoms with van der Waals surface area (Å²) >= 11 is 0. The van der Waals surface area contributed by atoms with E-state index >= 15 is 0 Å². The van der Waals surface area contributed by atoms with Gasteiger partial charge in [0.2, 0.25) is 0 Å². The normalized spacial score (nSPS) is 18.1. The van der Waals surface area contributed by atoms with Crippen molar-refractivity contribution in [1.82, 2.24) is 10.3 Å². The first-order chi connectivity index (χ1) is 12.7. The minimum absolute atomic E-state index is 0.0640. The molecule has 1 aromatic heterocycles. The lowest BCUT2D eigenvalue weighted by Gasteiger charge is -2.13. The van der Waals surface area contributed by atoms with Crippen molar-refractivity contribution >= 4 is 27.3 Å². The predicted molar refractivity (Wildman–Crippen MR) is 103 cm³/mol. The third-order valence-corrected chi connectivity index (χ3v) is 6.31. The summed E-state index contributed by atoms with van der Waals surface area (Å²) in [6.07, 6.45) is 1.78. The summed E-state index contributed by atoms with van der Waals surface area (Å²) in [6.45, 7) is 3.81. The molecular weight excluding hydrogens is 366 g/mol. The molecule has 3 rings (SSSR count). The van der Waals surface area contributed by atoms with E-state index in [1.807, 2.05) is 32.0 Å². The van der Waals surface area contributed by atoms with Crippen molar-refractivity contribution in [3.8, 4) is 0 Å². The number of rotatable bonds is 4. The van der Waals surface area contributed by atoms with Crippen molar-refractivity contribution < 1.29 is 18.0 Å². The summed E-state index contributed by atoms with van der Waals surface area (Å²) in [6, 6.07) is 8.24. The standard InChI is InChI=1S/C19H21N3O4S/c1-12-4-3-5-13(2)17(12)22-18(23)14-6-8-20-16(10-14)19(24)21-15-7-9-27(25,26)11-15/h3-6,8,10,15H,7,9,11H2,1-2H3,(H,21,24)(H,22,23). The Bertz CT molecular complexity index is 982. The molecule has 0 bridgehead atoms. The number of carbonyl (C=O) groups is 2. The second kappa shape index (κ2) is 7.48. The number of sulfone groups is 1. The van der Waals surface area contributed by atoms with Crippen LogP contribution < -0.4 is 10.6 Å². The van der Waals surface area contributed by atoms with Crippen LogP contribution >= 0.6 is 0 Å². The Kier molecular flexibility index (Phi) is 5.27. The highest BCUT2D eigenvalue weighted by atomic mass is 32.2. The molecular formula is C19H21N3O4S. The van der Waals surface area contributed by atoms with Gasteiger partial charge in [0.1, 0.15) is 5.69 Å². The van der Waals surface area contributed by atoms with E-state index in [4.69, 9.17) is 0 Å². The molecule has 0 spiro atoms. The summed E-state index contributed by atoms with van der Waals surface area (Å²) in [5, 5.41) is 5.54. The van der Waals surface area contributed by atoms with Gasteiger partial charge in [-0.15, -0.1) is 0 Å². The molecule has 1 unspecified atom stereocenters. The number of aromatic nitrogens is 1. The van der Waals surface area contributed by atoms with Crippen molar-refractivity contribution in [2.75, 3.05) is 16.8 Å². The molecule has 1 aliphatic rings. The number of carbonyl (C=O) groups excluding carboxylic acids is 2. The molecule has 0 radical (unpaired) electrons. The maximum Gasteiger partial charge on any atom is 0.270 e. The smallest absolute Gasteiger partial charge is 0.270 e. The van der Waals surface area contributed by atoms with E-state index in [0.717, 1.165) is 16.8 Å². The fraction of sp³-hybridized carbons (Fsp3) is 0.316. The molecule has 1 fully saturated rings.